The first-order valence-electron chi connectivity index (χ1n) is 6.18. The van der Waals surface area contributed by atoms with Gasteiger partial charge in [-0.15, -0.1) is 6.58 Å². The third-order valence-electron chi connectivity index (χ3n) is 3.49. The number of nitrogens with zero attached hydrogens (tertiary/aromatic N) is 2. The second-order valence-electron chi connectivity index (χ2n) is 4.63. The Labute approximate surface area is 93.1 Å². The largest absolute Gasteiger partial charge is 0.314 e. The van der Waals surface area contributed by atoms with Gasteiger partial charge in [0.1, 0.15) is 0 Å². The Morgan fingerprint density at radius 2 is 2.00 bits per heavy atom. The molecule has 0 radical (unpaired) electrons. The molecule has 3 heteroatoms. The van der Waals surface area contributed by atoms with Crippen LogP contribution in [-0.4, -0.2) is 61.7 Å². The molecule has 0 atom stereocenters. The molecule has 2 aliphatic heterocycles. The lowest BCUT2D eigenvalue weighted by Crippen LogP contribution is -2.62. The van der Waals surface area contributed by atoms with Crippen LogP contribution in [0.1, 0.15) is 12.8 Å². The summed E-state index contributed by atoms with van der Waals surface area (Å²) in [5.41, 5.74) is 0. The van der Waals surface area contributed by atoms with Crippen LogP contribution in [0.3, 0.4) is 0 Å². The third kappa shape index (κ3) is 3.03. The molecule has 0 aromatic carbocycles. The number of unbranched alkanes of at least 4 members (excludes halogenated alkanes) is 1. The lowest BCUT2D eigenvalue weighted by molar-refractivity contribution is 0.0270. The van der Waals surface area contributed by atoms with Gasteiger partial charge in [0.25, 0.3) is 0 Å². The fourth-order valence-corrected chi connectivity index (χ4v) is 2.46. The molecule has 0 unspecified atom stereocenters. The van der Waals surface area contributed by atoms with Gasteiger partial charge in [-0.3, -0.25) is 4.90 Å². The molecule has 3 nitrogen and oxygen atoms in total. The van der Waals surface area contributed by atoms with Gasteiger partial charge in [0.05, 0.1) is 0 Å². The van der Waals surface area contributed by atoms with Crippen LogP contribution >= 0.6 is 0 Å². The van der Waals surface area contributed by atoms with Crippen LogP contribution in [0, 0.1) is 0 Å². The van der Waals surface area contributed by atoms with Crippen LogP contribution < -0.4 is 5.32 Å². The minimum Gasteiger partial charge on any atom is -0.314 e. The van der Waals surface area contributed by atoms with Crippen molar-refractivity contribution < 1.29 is 0 Å². The molecule has 2 heterocycles. The Hall–Kier alpha value is -0.380. The van der Waals surface area contributed by atoms with Gasteiger partial charge < -0.3 is 10.2 Å². The zero-order chi connectivity index (χ0) is 10.5. The molecule has 0 bridgehead atoms. The zero-order valence-corrected chi connectivity index (χ0v) is 9.62. The SMILES string of the molecule is C=CCCCN1CC(N2CCNCC2)C1. The Balaban J connectivity index is 1.58. The zero-order valence-electron chi connectivity index (χ0n) is 9.62. The van der Waals surface area contributed by atoms with Crippen molar-refractivity contribution >= 4 is 0 Å². The van der Waals surface area contributed by atoms with Crippen LogP contribution in [0.25, 0.3) is 0 Å². The van der Waals surface area contributed by atoms with Crippen molar-refractivity contribution in [2.45, 2.75) is 18.9 Å². The summed E-state index contributed by atoms with van der Waals surface area (Å²) >= 11 is 0. The highest BCUT2D eigenvalue weighted by molar-refractivity contribution is 4.89. The van der Waals surface area contributed by atoms with Crippen LogP contribution in [0.4, 0.5) is 0 Å². The lowest BCUT2D eigenvalue weighted by atomic mass is 10.1. The van der Waals surface area contributed by atoms with E-state index < -0.39 is 0 Å². The molecular weight excluding hydrogens is 186 g/mol. The molecule has 0 saturated carbocycles. The molecular formula is C12H23N3. The minimum atomic E-state index is 0.843. The number of rotatable bonds is 5. The maximum absolute atomic E-state index is 3.76. The van der Waals surface area contributed by atoms with Gasteiger partial charge in [0.15, 0.2) is 0 Å². The van der Waals surface area contributed by atoms with Crippen LogP contribution in [0.5, 0.6) is 0 Å². The molecule has 0 spiro atoms. The molecule has 0 amide bonds. The van der Waals surface area contributed by atoms with Crippen molar-refractivity contribution in [3.63, 3.8) is 0 Å². The summed E-state index contributed by atoms with van der Waals surface area (Å²) in [6, 6.07) is 0.843. The highest BCUT2D eigenvalue weighted by atomic mass is 15.3. The summed E-state index contributed by atoms with van der Waals surface area (Å²) in [5, 5.41) is 3.40. The van der Waals surface area contributed by atoms with Gasteiger partial charge in [-0.1, -0.05) is 6.08 Å². The molecule has 0 aliphatic carbocycles. The van der Waals surface area contributed by atoms with Crippen molar-refractivity contribution in [1.29, 1.82) is 0 Å². The quantitative estimate of drug-likeness (QED) is 0.527. The Kier molecular flexibility index (Phi) is 4.18. The summed E-state index contributed by atoms with van der Waals surface area (Å²) in [5.74, 6) is 0. The number of hydrogen-bond donors (Lipinski definition) is 1. The molecule has 2 fully saturated rings. The first-order chi connectivity index (χ1) is 7.40. The maximum Gasteiger partial charge on any atom is 0.0351 e. The van der Waals surface area contributed by atoms with Gasteiger partial charge in [-0.25, -0.2) is 0 Å². The highest BCUT2D eigenvalue weighted by Gasteiger charge is 2.31. The molecule has 0 aromatic rings. The number of likely N-dealkylation sites (tertiary alicyclic amines) is 1. The van der Waals surface area contributed by atoms with Gasteiger partial charge in [0, 0.05) is 45.3 Å². The summed E-state index contributed by atoms with van der Waals surface area (Å²) in [4.78, 5) is 5.21. The molecule has 86 valence electrons. The van der Waals surface area contributed by atoms with Crippen molar-refractivity contribution in [2.24, 2.45) is 0 Å². The summed E-state index contributed by atoms with van der Waals surface area (Å²) in [6.45, 7) is 12.4. The summed E-state index contributed by atoms with van der Waals surface area (Å²) < 4.78 is 0. The van der Waals surface area contributed by atoms with E-state index in [2.05, 4.69) is 21.7 Å². The third-order valence-corrected chi connectivity index (χ3v) is 3.49. The van der Waals surface area contributed by atoms with Crippen molar-refractivity contribution in [1.82, 2.24) is 15.1 Å². The lowest BCUT2D eigenvalue weighted by Gasteiger charge is -2.46. The van der Waals surface area contributed by atoms with Gasteiger partial charge in [-0.05, 0) is 19.4 Å². The van der Waals surface area contributed by atoms with E-state index in [0.717, 1.165) is 12.5 Å². The van der Waals surface area contributed by atoms with E-state index in [1.165, 1.54) is 52.2 Å². The Morgan fingerprint density at radius 1 is 1.27 bits per heavy atom. The summed E-state index contributed by atoms with van der Waals surface area (Å²) in [7, 11) is 0. The van der Waals surface area contributed by atoms with Crippen molar-refractivity contribution in [2.75, 3.05) is 45.8 Å². The van der Waals surface area contributed by atoms with Gasteiger partial charge in [0.2, 0.25) is 0 Å². The predicted molar refractivity (Wildman–Crippen MR) is 64.1 cm³/mol. The van der Waals surface area contributed by atoms with Crippen LogP contribution in [0.15, 0.2) is 12.7 Å². The standard InChI is InChI=1S/C12H23N3/c1-2-3-4-7-14-10-12(11-14)15-8-5-13-6-9-15/h2,12-13H,1,3-11H2. The van der Waals surface area contributed by atoms with E-state index in [9.17, 15) is 0 Å². The average molecular weight is 209 g/mol. The van der Waals surface area contributed by atoms with Crippen LogP contribution in [-0.2, 0) is 0 Å². The highest BCUT2D eigenvalue weighted by Crippen LogP contribution is 2.15. The predicted octanol–water partition coefficient (Wildman–Crippen LogP) is 0.542. The average Bonchev–Trinajstić information content (AvgIpc) is 2.23. The second kappa shape index (κ2) is 5.64. The number of nitrogens with one attached hydrogen (secondary N) is 1. The van der Waals surface area contributed by atoms with E-state index >= 15 is 0 Å². The molecule has 1 N–H and O–H groups in total. The molecule has 2 rings (SSSR count). The normalized spacial score (nSPS) is 25.1. The van der Waals surface area contributed by atoms with Crippen LogP contribution in [0.2, 0.25) is 0 Å². The first kappa shape index (κ1) is 11.1. The van der Waals surface area contributed by atoms with E-state index in [1.54, 1.807) is 0 Å². The molecule has 2 saturated heterocycles. The van der Waals surface area contributed by atoms with E-state index in [4.69, 9.17) is 0 Å². The minimum absolute atomic E-state index is 0.843. The number of piperazine rings is 1. The molecule has 0 aromatic heterocycles. The van der Waals surface area contributed by atoms with E-state index in [1.807, 2.05) is 6.08 Å². The second-order valence-corrected chi connectivity index (χ2v) is 4.63. The van der Waals surface area contributed by atoms with E-state index in [0.29, 0.717) is 0 Å². The smallest absolute Gasteiger partial charge is 0.0351 e. The monoisotopic (exact) mass is 209 g/mol. The fourth-order valence-electron chi connectivity index (χ4n) is 2.46. The molecule has 15 heavy (non-hydrogen) atoms. The Bertz CT molecular complexity index is 193. The number of allylic oxidation sites excluding steroid dienone is 1. The topological polar surface area (TPSA) is 18.5 Å². The van der Waals surface area contributed by atoms with E-state index in [-0.39, 0.29) is 0 Å². The molecule has 2 aliphatic rings. The van der Waals surface area contributed by atoms with Crippen molar-refractivity contribution in [3.8, 4) is 0 Å². The number of hydrogen-bond acceptors (Lipinski definition) is 3. The van der Waals surface area contributed by atoms with Gasteiger partial charge >= 0.3 is 0 Å². The maximum atomic E-state index is 3.76. The summed E-state index contributed by atoms with van der Waals surface area (Å²) in [6.07, 6.45) is 4.46. The Morgan fingerprint density at radius 3 is 2.67 bits per heavy atom. The first-order valence-corrected chi connectivity index (χ1v) is 6.18. The van der Waals surface area contributed by atoms with Gasteiger partial charge in [-0.2, -0.15) is 0 Å². The fraction of sp³-hybridized carbons (Fsp3) is 0.833. The van der Waals surface area contributed by atoms with Crippen molar-refractivity contribution in [3.05, 3.63) is 12.7 Å².